The summed E-state index contributed by atoms with van der Waals surface area (Å²) in [6.45, 7) is 10.4. The first-order chi connectivity index (χ1) is 13.3. The van der Waals surface area contributed by atoms with Gasteiger partial charge in [-0.1, -0.05) is 6.07 Å². The van der Waals surface area contributed by atoms with Crippen LogP contribution >= 0.6 is 0 Å². The van der Waals surface area contributed by atoms with Gasteiger partial charge in [-0.3, -0.25) is 4.98 Å². The molecular formula is C23H33N3O2. The molecule has 3 rings (SSSR count). The Labute approximate surface area is 168 Å². The van der Waals surface area contributed by atoms with Crippen LogP contribution in [0.3, 0.4) is 0 Å². The minimum Gasteiger partial charge on any atom is -0.493 e. The highest BCUT2D eigenvalue weighted by molar-refractivity contribution is 5.43. The zero-order valence-electron chi connectivity index (χ0n) is 17.7. The van der Waals surface area contributed by atoms with Gasteiger partial charge in [-0.2, -0.15) is 0 Å². The summed E-state index contributed by atoms with van der Waals surface area (Å²) in [5.41, 5.74) is 2.56. The van der Waals surface area contributed by atoms with E-state index in [2.05, 4.69) is 55.4 Å². The van der Waals surface area contributed by atoms with Crippen LogP contribution in [0.15, 0.2) is 42.7 Å². The predicted octanol–water partition coefficient (Wildman–Crippen LogP) is 4.07. The average molecular weight is 384 g/mol. The van der Waals surface area contributed by atoms with Crippen LogP contribution in [0.4, 0.5) is 0 Å². The molecule has 1 aliphatic heterocycles. The number of nitrogens with one attached hydrogen (secondary N) is 2. The second-order valence-electron chi connectivity index (χ2n) is 9.01. The first-order valence-corrected chi connectivity index (χ1v) is 9.98. The number of pyridine rings is 1. The second kappa shape index (κ2) is 8.50. The number of benzene rings is 1. The lowest BCUT2D eigenvalue weighted by atomic mass is 9.79. The molecule has 0 atom stereocenters. The quantitative estimate of drug-likeness (QED) is 0.755. The molecular weight excluding hydrogens is 350 g/mol. The van der Waals surface area contributed by atoms with Crippen molar-refractivity contribution in [1.29, 1.82) is 0 Å². The Bertz CT molecular complexity index is 759. The van der Waals surface area contributed by atoms with Crippen LogP contribution in [0.5, 0.6) is 11.5 Å². The zero-order chi connectivity index (χ0) is 20.2. The van der Waals surface area contributed by atoms with E-state index in [1.807, 2.05) is 18.2 Å². The van der Waals surface area contributed by atoms with Crippen molar-refractivity contribution in [3.05, 3.63) is 53.9 Å². The van der Waals surface area contributed by atoms with Crippen molar-refractivity contribution >= 4 is 0 Å². The summed E-state index contributed by atoms with van der Waals surface area (Å²) in [7, 11) is 1.68. The van der Waals surface area contributed by atoms with Crippen LogP contribution in [0.2, 0.25) is 0 Å². The highest BCUT2D eigenvalue weighted by Crippen LogP contribution is 2.31. The van der Waals surface area contributed by atoms with E-state index in [-0.39, 0.29) is 11.1 Å². The molecule has 0 amide bonds. The molecule has 0 spiro atoms. The van der Waals surface area contributed by atoms with E-state index >= 15 is 0 Å². The molecule has 0 saturated carbocycles. The lowest BCUT2D eigenvalue weighted by molar-refractivity contribution is 0.145. The van der Waals surface area contributed by atoms with Gasteiger partial charge in [0.25, 0.3) is 0 Å². The van der Waals surface area contributed by atoms with Gasteiger partial charge in [-0.05, 0) is 75.9 Å². The fourth-order valence-corrected chi connectivity index (χ4v) is 4.31. The molecule has 0 radical (unpaired) electrons. The zero-order valence-corrected chi connectivity index (χ0v) is 17.7. The van der Waals surface area contributed by atoms with Gasteiger partial charge >= 0.3 is 0 Å². The molecule has 1 fully saturated rings. The van der Waals surface area contributed by atoms with Gasteiger partial charge in [0.1, 0.15) is 6.61 Å². The van der Waals surface area contributed by atoms with Crippen molar-refractivity contribution < 1.29 is 9.47 Å². The maximum atomic E-state index is 5.94. The second-order valence-corrected chi connectivity index (χ2v) is 9.01. The number of rotatable bonds is 7. The third-order valence-corrected chi connectivity index (χ3v) is 5.16. The number of aromatic nitrogens is 1. The lowest BCUT2D eigenvalue weighted by Gasteiger charge is -2.46. The standard InChI is InChI=1S/C23H33N3O2/c1-22(2)13-19(14-23(3,4)26-22)25-15-18-6-7-20(21(12-18)27-5)28-16-17-8-10-24-11-9-17/h6-12,19,25-26H,13-16H2,1-5H3. The van der Waals surface area contributed by atoms with Crippen LogP contribution in [0.1, 0.15) is 51.7 Å². The van der Waals surface area contributed by atoms with Crippen LogP contribution < -0.4 is 20.1 Å². The van der Waals surface area contributed by atoms with Gasteiger partial charge < -0.3 is 20.1 Å². The molecule has 0 unspecified atom stereocenters. The van der Waals surface area contributed by atoms with Gasteiger partial charge in [0.15, 0.2) is 11.5 Å². The molecule has 5 nitrogen and oxygen atoms in total. The predicted molar refractivity (Wildman–Crippen MR) is 113 cm³/mol. The fourth-order valence-electron chi connectivity index (χ4n) is 4.31. The Morgan fingerprint density at radius 3 is 2.32 bits per heavy atom. The Hall–Kier alpha value is -2.11. The molecule has 28 heavy (non-hydrogen) atoms. The Kier molecular flexibility index (Phi) is 6.26. The highest BCUT2D eigenvalue weighted by Gasteiger charge is 2.37. The first-order valence-electron chi connectivity index (χ1n) is 9.98. The van der Waals surface area contributed by atoms with E-state index in [0.29, 0.717) is 12.6 Å². The third kappa shape index (κ3) is 5.69. The Morgan fingerprint density at radius 2 is 1.68 bits per heavy atom. The van der Waals surface area contributed by atoms with Crippen molar-refractivity contribution in [2.45, 2.75) is 70.8 Å². The fraction of sp³-hybridized carbons (Fsp3) is 0.522. The maximum absolute atomic E-state index is 5.94. The summed E-state index contributed by atoms with van der Waals surface area (Å²) in [5, 5.41) is 7.47. The Morgan fingerprint density at radius 1 is 1.00 bits per heavy atom. The van der Waals surface area contributed by atoms with Gasteiger partial charge in [0.05, 0.1) is 7.11 Å². The number of nitrogens with zero attached hydrogens (tertiary/aromatic N) is 1. The van der Waals surface area contributed by atoms with E-state index in [0.717, 1.165) is 36.4 Å². The van der Waals surface area contributed by atoms with Crippen molar-refractivity contribution in [1.82, 2.24) is 15.6 Å². The minimum atomic E-state index is 0.141. The summed E-state index contributed by atoms with van der Waals surface area (Å²) in [6, 6.07) is 10.5. The molecule has 2 aromatic rings. The van der Waals surface area contributed by atoms with Crippen LogP contribution in [-0.2, 0) is 13.2 Å². The molecule has 1 saturated heterocycles. The van der Waals surface area contributed by atoms with E-state index in [9.17, 15) is 0 Å². The maximum Gasteiger partial charge on any atom is 0.161 e. The van der Waals surface area contributed by atoms with Crippen molar-refractivity contribution in [2.75, 3.05) is 7.11 Å². The molecule has 0 aliphatic carbocycles. The van der Waals surface area contributed by atoms with Crippen molar-refractivity contribution in [2.24, 2.45) is 0 Å². The number of hydrogen-bond acceptors (Lipinski definition) is 5. The summed E-state index contributed by atoms with van der Waals surface area (Å²) in [4.78, 5) is 4.03. The molecule has 1 aliphatic rings. The van der Waals surface area contributed by atoms with Crippen molar-refractivity contribution in [3.8, 4) is 11.5 Å². The van der Waals surface area contributed by atoms with E-state index < -0.39 is 0 Å². The van der Waals surface area contributed by atoms with Gasteiger partial charge in [-0.15, -0.1) is 0 Å². The largest absolute Gasteiger partial charge is 0.493 e. The van der Waals surface area contributed by atoms with Gasteiger partial charge in [-0.25, -0.2) is 0 Å². The summed E-state index contributed by atoms with van der Waals surface area (Å²) >= 11 is 0. The molecule has 0 bridgehead atoms. The molecule has 2 heterocycles. The third-order valence-electron chi connectivity index (χ3n) is 5.16. The topological polar surface area (TPSA) is 55.4 Å². The number of hydrogen-bond donors (Lipinski definition) is 2. The van der Waals surface area contributed by atoms with Crippen LogP contribution in [-0.4, -0.2) is 29.2 Å². The van der Waals surface area contributed by atoms with Gasteiger partial charge in [0.2, 0.25) is 0 Å². The molecule has 152 valence electrons. The van der Waals surface area contributed by atoms with Gasteiger partial charge in [0, 0.05) is 36.1 Å². The van der Waals surface area contributed by atoms with E-state index in [4.69, 9.17) is 9.47 Å². The number of piperidine rings is 1. The van der Waals surface area contributed by atoms with E-state index in [1.165, 1.54) is 5.56 Å². The van der Waals surface area contributed by atoms with E-state index in [1.54, 1.807) is 19.5 Å². The molecule has 5 heteroatoms. The first kappa shape index (κ1) is 20.6. The summed E-state index contributed by atoms with van der Waals surface area (Å²) < 4.78 is 11.5. The Balaban J connectivity index is 1.60. The van der Waals surface area contributed by atoms with Crippen LogP contribution in [0, 0.1) is 0 Å². The minimum absolute atomic E-state index is 0.141. The number of methoxy groups -OCH3 is 1. The van der Waals surface area contributed by atoms with Crippen LogP contribution in [0.25, 0.3) is 0 Å². The summed E-state index contributed by atoms with van der Waals surface area (Å²) in [6.07, 6.45) is 5.77. The molecule has 1 aromatic heterocycles. The normalized spacial score (nSPS) is 18.6. The summed E-state index contributed by atoms with van der Waals surface area (Å²) in [5.74, 6) is 1.52. The molecule has 1 aromatic carbocycles. The average Bonchev–Trinajstić information content (AvgIpc) is 2.63. The van der Waals surface area contributed by atoms with Crippen molar-refractivity contribution in [3.63, 3.8) is 0 Å². The number of ether oxygens (including phenoxy) is 2. The smallest absolute Gasteiger partial charge is 0.161 e. The monoisotopic (exact) mass is 383 g/mol. The highest BCUT2D eigenvalue weighted by atomic mass is 16.5. The molecule has 2 N–H and O–H groups in total. The SMILES string of the molecule is COc1cc(CNC2CC(C)(C)NC(C)(C)C2)ccc1OCc1ccncc1. The lowest BCUT2D eigenvalue weighted by Crippen LogP contribution is -2.61.